The maximum Gasteiger partial charge on any atom is 0.490 e. The lowest BCUT2D eigenvalue weighted by Crippen LogP contribution is -2.42. The van der Waals surface area contributed by atoms with Gasteiger partial charge in [0.05, 0.1) is 6.61 Å². The van der Waals surface area contributed by atoms with Gasteiger partial charge in [-0.15, -0.1) is 0 Å². The predicted molar refractivity (Wildman–Crippen MR) is 95.1 cm³/mol. The average Bonchev–Trinajstić information content (AvgIpc) is 2.73. The van der Waals surface area contributed by atoms with Crippen LogP contribution < -0.4 is 5.56 Å². The highest BCUT2D eigenvalue weighted by atomic mass is 32.1. The Morgan fingerprint density at radius 1 is 1.27 bits per heavy atom. The second kappa shape index (κ2) is 8.71. The van der Waals surface area contributed by atoms with E-state index in [1.54, 1.807) is 0 Å². The summed E-state index contributed by atoms with van der Waals surface area (Å²) in [5.74, 6) is 0. The first-order valence-electron chi connectivity index (χ1n) is 7.55. The van der Waals surface area contributed by atoms with Crippen molar-refractivity contribution >= 4 is 35.7 Å². The molecule has 2 heterocycles. The molecule has 0 radical (unpaired) electrons. The number of aliphatic hydroxyl groups is 1. The van der Waals surface area contributed by atoms with Crippen molar-refractivity contribution in [1.29, 1.82) is 0 Å². The molecule has 1 fully saturated rings. The number of nitrogens with one attached hydrogen (secondary N) is 1. The summed E-state index contributed by atoms with van der Waals surface area (Å²) in [5, 5.41) is 10.4. The Kier molecular flexibility index (Phi) is 7.44. The SMILES string of the molecule is CC1(O)C(F)C(COP(=O)(O)OP(=O)(O)OP(=O)(O)O)OC1n1ccc(=O)[nH]c1=S. The van der Waals surface area contributed by atoms with E-state index in [1.807, 2.05) is 0 Å². The highest BCUT2D eigenvalue weighted by Crippen LogP contribution is 2.66. The van der Waals surface area contributed by atoms with E-state index in [2.05, 4.69) is 18.1 Å². The summed E-state index contributed by atoms with van der Waals surface area (Å²) in [6.45, 7) is -0.103. The number of ether oxygens (including phenoxy) is 1. The molecule has 0 saturated carbocycles. The van der Waals surface area contributed by atoms with E-state index in [9.17, 15) is 32.9 Å². The van der Waals surface area contributed by atoms with Gasteiger partial charge in [0.15, 0.2) is 17.2 Å². The summed E-state index contributed by atoms with van der Waals surface area (Å²) >= 11 is 4.90. The molecule has 0 aromatic carbocycles. The zero-order valence-electron chi connectivity index (χ0n) is 14.7. The van der Waals surface area contributed by atoms with E-state index in [1.165, 1.54) is 0 Å². The average molecular weight is 516 g/mol. The molecule has 1 saturated heterocycles. The zero-order valence-corrected chi connectivity index (χ0v) is 18.2. The Bertz CT molecular complexity index is 1050. The monoisotopic (exact) mass is 516 g/mol. The fourth-order valence-electron chi connectivity index (χ4n) is 2.44. The molecule has 172 valence electrons. The molecule has 0 spiro atoms. The lowest BCUT2D eigenvalue weighted by atomic mass is 9.98. The standard InChI is InChI=1S/C10H16FN2O13P3S/c1-10(15)7(11)5(24-8(10)13-3-2-6(14)12-9(13)30)4-23-28(19,20)26-29(21,22)25-27(16,17)18/h2-3,5,7-8,15H,4H2,1H3,(H,19,20)(H,21,22)(H,12,14,30)(H2,16,17,18). The molecule has 0 amide bonds. The molecular formula is C10H16FN2O13P3S. The van der Waals surface area contributed by atoms with Gasteiger partial charge in [0.25, 0.3) is 5.56 Å². The normalized spacial score (nSPS) is 31.2. The summed E-state index contributed by atoms with van der Waals surface area (Å²) < 4.78 is 65.6. The number of hydrogen-bond acceptors (Lipinski definition) is 10. The first-order chi connectivity index (χ1) is 13.4. The summed E-state index contributed by atoms with van der Waals surface area (Å²) in [5.41, 5.74) is -2.84. The number of phosphoric acid groups is 3. The van der Waals surface area contributed by atoms with Gasteiger partial charge < -0.3 is 29.4 Å². The minimum absolute atomic E-state index is 0.228. The third kappa shape index (κ3) is 6.43. The number of nitrogens with zero attached hydrogens (tertiary/aromatic N) is 1. The topological polar surface area (TPSA) is 227 Å². The van der Waals surface area contributed by atoms with Crippen LogP contribution in [0.5, 0.6) is 0 Å². The molecule has 1 aromatic heterocycles. The first-order valence-corrected chi connectivity index (χ1v) is 12.5. The minimum Gasteiger partial charge on any atom is -0.382 e. The number of phosphoric ester groups is 1. The third-order valence-electron chi connectivity index (χ3n) is 3.61. The van der Waals surface area contributed by atoms with Crippen molar-refractivity contribution in [3.05, 3.63) is 27.4 Å². The van der Waals surface area contributed by atoms with Crippen LogP contribution in [0.4, 0.5) is 4.39 Å². The van der Waals surface area contributed by atoms with Crippen LogP contribution in [-0.4, -0.2) is 58.7 Å². The number of rotatable bonds is 8. The van der Waals surface area contributed by atoms with Crippen molar-refractivity contribution in [2.75, 3.05) is 6.61 Å². The third-order valence-corrected chi connectivity index (χ3v) is 7.73. The molecule has 15 nitrogen and oxygen atoms in total. The molecule has 6 unspecified atom stereocenters. The van der Waals surface area contributed by atoms with Crippen molar-refractivity contribution in [1.82, 2.24) is 9.55 Å². The van der Waals surface area contributed by atoms with Crippen LogP contribution in [0, 0.1) is 4.77 Å². The number of hydrogen-bond donors (Lipinski definition) is 6. The van der Waals surface area contributed by atoms with Crippen LogP contribution in [0.1, 0.15) is 13.2 Å². The summed E-state index contributed by atoms with van der Waals surface area (Å²) in [7, 11) is -16.8. The number of aromatic amines is 1. The van der Waals surface area contributed by atoms with E-state index in [-0.39, 0.29) is 4.77 Å². The Morgan fingerprint density at radius 3 is 2.40 bits per heavy atom. The molecule has 0 bridgehead atoms. The Morgan fingerprint density at radius 2 is 1.87 bits per heavy atom. The van der Waals surface area contributed by atoms with E-state index < -0.39 is 59.7 Å². The fourth-order valence-corrected chi connectivity index (χ4v) is 5.73. The second-order valence-corrected chi connectivity index (χ2v) is 10.9. The summed E-state index contributed by atoms with van der Waals surface area (Å²) in [6, 6.07) is 1.02. The van der Waals surface area contributed by atoms with Crippen LogP contribution in [0.25, 0.3) is 0 Å². The van der Waals surface area contributed by atoms with Gasteiger partial charge in [0.1, 0.15) is 11.7 Å². The molecule has 1 aliphatic rings. The van der Waals surface area contributed by atoms with Gasteiger partial charge in [-0.25, -0.2) is 18.1 Å². The highest BCUT2D eigenvalue weighted by molar-refractivity contribution is 7.71. The van der Waals surface area contributed by atoms with E-state index >= 15 is 0 Å². The molecule has 6 N–H and O–H groups in total. The van der Waals surface area contributed by atoms with Gasteiger partial charge in [0, 0.05) is 12.3 Å². The Hall–Kier alpha value is -0.640. The van der Waals surface area contributed by atoms with Crippen LogP contribution in [0.2, 0.25) is 0 Å². The fraction of sp³-hybridized carbons (Fsp3) is 0.600. The van der Waals surface area contributed by atoms with Crippen molar-refractivity contribution < 1.29 is 60.6 Å². The lowest BCUT2D eigenvalue weighted by Gasteiger charge is -2.26. The van der Waals surface area contributed by atoms with Gasteiger partial charge in [0.2, 0.25) is 0 Å². The molecule has 0 aliphatic carbocycles. The van der Waals surface area contributed by atoms with Crippen LogP contribution in [-0.2, 0) is 31.6 Å². The van der Waals surface area contributed by atoms with E-state index in [0.29, 0.717) is 0 Å². The zero-order chi connectivity index (χ0) is 23.1. The van der Waals surface area contributed by atoms with Gasteiger partial charge in [-0.3, -0.25) is 18.9 Å². The van der Waals surface area contributed by atoms with E-state index in [0.717, 1.165) is 23.8 Å². The van der Waals surface area contributed by atoms with Crippen LogP contribution in [0.15, 0.2) is 17.1 Å². The van der Waals surface area contributed by atoms with Gasteiger partial charge in [-0.1, -0.05) is 0 Å². The maximum absolute atomic E-state index is 14.6. The van der Waals surface area contributed by atoms with Crippen molar-refractivity contribution in [3.63, 3.8) is 0 Å². The van der Waals surface area contributed by atoms with Crippen molar-refractivity contribution in [3.8, 4) is 0 Å². The summed E-state index contributed by atoms with van der Waals surface area (Å²) in [4.78, 5) is 48.9. The van der Waals surface area contributed by atoms with Crippen molar-refractivity contribution in [2.45, 2.75) is 31.0 Å². The predicted octanol–water partition coefficient (Wildman–Crippen LogP) is 0.236. The van der Waals surface area contributed by atoms with Gasteiger partial charge in [-0.2, -0.15) is 8.62 Å². The summed E-state index contributed by atoms with van der Waals surface area (Å²) in [6.07, 6.45) is -4.38. The smallest absolute Gasteiger partial charge is 0.382 e. The van der Waals surface area contributed by atoms with Crippen molar-refractivity contribution in [2.24, 2.45) is 0 Å². The molecule has 30 heavy (non-hydrogen) atoms. The van der Waals surface area contributed by atoms with Gasteiger partial charge in [-0.05, 0) is 19.1 Å². The van der Waals surface area contributed by atoms with E-state index in [4.69, 9.17) is 31.6 Å². The molecule has 2 rings (SSSR count). The Balaban J connectivity index is 2.13. The molecule has 6 atom stereocenters. The number of halogens is 1. The minimum atomic E-state index is -5.75. The number of alkyl halides is 1. The second-order valence-electron chi connectivity index (χ2n) is 6.06. The quantitative estimate of drug-likeness (QED) is 0.201. The largest absolute Gasteiger partial charge is 0.490 e. The van der Waals surface area contributed by atoms with Crippen LogP contribution in [0.3, 0.4) is 0 Å². The Labute approximate surface area is 171 Å². The van der Waals surface area contributed by atoms with Crippen LogP contribution >= 0.6 is 35.7 Å². The molecule has 1 aliphatic heterocycles. The number of aromatic nitrogens is 2. The molecule has 1 aromatic rings. The molecule has 20 heteroatoms. The highest BCUT2D eigenvalue weighted by Gasteiger charge is 2.55. The first kappa shape index (κ1) is 25.6. The number of H-pyrrole nitrogens is 1. The lowest BCUT2D eigenvalue weighted by molar-refractivity contribution is -0.0920. The van der Waals surface area contributed by atoms with Gasteiger partial charge >= 0.3 is 23.5 Å². The molecular weight excluding hydrogens is 500 g/mol. The maximum atomic E-state index is 14.6.